The van der Waals surface area contributed by atoms with E-state index in [0.717, 1.165) is 45.3 Å². The van der Waals surface area contributed by atoms with Gasteiger partial charge < -0.3 is 9.80 Å². The number of carbonyl (C=O) groups excluding carboxylic acids is 2. The molecule has 0 unspecified atom stereocenters. The average Bonchev–Trinajstić information content (AvgIpc) is 2.70. The number of rotatable bonds is 5. The molecule has 0 N–H and O–H groups in total. The van der Waals surface area contributed by atoms with E-state index in [1.807, 2.05) is 9.80 Å². The molecule has 3 fully saturated rings. The van der Waals surface area contributed by atoms with Gasteiger partial charge in [0.1, 0.15) is 0 Å². The molecular formula is C22H30Cl2N4O2. The van der Waals surface area contributed by atoms with Crippen molar-refractivity contribution in [2.75, 3.05) is 58.9 Å². The molecule has 2 saturated heterocycles. The van der Waals surface area contributed by atoms with Gasteiger partial charge in [-0.1, -0.05) is 35.7 Å². The molecule has 2 amide bonds. The van der Waals surface area contributed by atoms with Crippen LogP contribution in [0.3, 0.4) is 0 Å². The second-order valence-corrected chi connectivity index (χ2v) is 9.35. The minimum Gasteiger partial charge on any atom is -0.340 e. The molecule has 8 heteroatoms. The van der Waals surface area contributed by atoms with Crippen LogP contribution in [0.2, 0.25) is 10.0 Å². The highest BCUT2D eigenvalue weighted by Gasteiger charge is 2.30. The number of nitrogens with zero attached hydrogens (tertiary/aromatic N) is 4. The summed E-state index contributed by atoms with van der Waals surface area (Å²) in [5, 5.41) is 1.05. The average molecular weight is 453 g/mol. The van der Waals surface area contributed by atoms with Gasteiger partial charge in [-0.15, -0.1) is 0 Å². The Morgan fingerprint density at radius 3 is 1.97 bits per heavy atom. The molecule has 164 valence electrons. The Morgan fingerprint density at radius 1 is 0.833 bits per heavy atom. The van der Waals surface area contributed by atoms with Crippen molar-refractivity contribution in [2.45, 2.75) is 31.7 Å². The fraction of sp³-hybridized carbons (Fsp3) is 0.636. The SMILES string of the molecule is O=C(Cc1c(Cl)cccc1Cl)N1CCN(CC(=O)N2CCN(C3CCC3)CC2)CC1. The van der Waals surface area contributed by atoms with Crippen LogP contribution in [0.4, 0.5) is 0 Å². The summed E-state index contributed by atoms with van der Waals surface area (Å²) in [4.78, 5) is 33.9. The first-order valence-electron chi connectivity index (χ1n) is 11.0. The van der Waals surface area contributed by atoms with Gasteiger partial charge in [-0.05, 0) is 30.5 Å². The van der Waals surface area contributed by atoms with Crippen molar-refractivity contribution >= 4 is 35.0 Å². The van der Waals surface area contributed by atoms with E-state index in [-0.39, 0.29) is 18.2 Å². The monoisotopic (exact) mass is 452 g/mol. The third-order valence-electron chi connectivity index (χ3n) is 6.73. The predicted octanol–water partition coefficient (Wildman–Crippen LogP) is 2.38. The minimum absolute atomic E-state index is 0.0306. The molecule has 0 aromatic heterocycles. The van der Waals surface area contributed by atoms with Crippen LogP contribution in [0.15, 0.2) is 18.2 Å². The van der Waals surface area contributed by atoms with E-state index in [1.54, 1.807) is 18.2 Å². The fourth-order valence-electron chi connectivity index (χ4n) is 4.50. The van der Waals surface area contributed by atoms with Crippen LogP contribution in [0.5, 0.6) is 0 Å². The number of halogens is 2. The van der Waals surface area contributed by atoms with Crippen LogP contribution >= 0.6 is 23.2 Å². The largest absolute Gasteiger partial charge is 0.340 e. The molecular weight excluding hydrogens is 423 g/mol. The molecule has 1 aromatic carbocycles. The van der Waals surface area contributed by atoms with E-state index in [0.29, 0.717) is 35.2 Å². The zero-order valence-corrected chi connectivity index (χ0v) is 18.9. The van der Waals surface area contributed by atoms with E-state index >= 15 is 0 Å². The van der Waals surface area contributed by atoms with Crippen LogP contribution in [-0.2, 0) is 16.0 Å². The van der Waals surface area contributed by atoms with Crippen molar-refractivity contribution in [3.8, 4) is 0 Å². The number of carbonyl (C=O) groups is 2. The summed E-state index contributed by atoms with van der Waals surface area (Å²) in [5.74, 6) is 0.244. The molecule has 30 heavy (non-hydrogen) atoms. The Bertz CT molecular complexity index is 750. The smallest absolute Gasteiger partial charge is 0.236 e. The van der Waals surface area contributed by atoms with Crippen molar-refractivity contribution in [1.29, 1.82) is 0 Å². The zero-order chi connectivity index (χ0) is 21.1. The molecule has 1 saturated carbocycles. The first kappa shape index (κ1) is 21.9. The molecule has 3 aliphatic rings. The Labute approximate surface area is 188 Å². The highest BCUT2D eigenvalue weighted by atomic mass is 35.5. The Morgan fingerprint density at radius 2 is 1.40 bits per heavy atom. The maximum absolute atomic E-state index is 12.7. The van der Waals surface area contributed by atoms with Crippen LogP contribution in [0, 0.1) is 0 Å². The topological polar surface area (TPSA) is 47.1 Å². The number of amides is 2. The van der Waals surface area contributed by atoms with Gasteiger partial charge in [-0.3, -0.25) is 19.4 Å². The third kappa shape index (κ3) is 5.10. The molecule has 6 nitrogen and oxygen atoms in total. The van der Waals surface area contributed by atoms with Gasteiger partial charge in [0.2, 0.25) is 11.8 Å². The summed E-state index contributed by atoms with van der Waals surface area (Å²) in [6, 6.07) is 6.05. The van der Waals surface area contributed by atoms with E-state index in [1.165, 1.54) is 19.3 Å². The van der Waals surface area contributed by atoms with Crippen LogP contribution in [-0.4, -0.2) is 96.4 Å². The summed E-state index contributed by atoms with van der Waals surface area (Å²) in [7, 11) is 0. The third-order valence-corrected chi connectivity index (χ3v) is 7.44. The molecule has 2 aliphatic heterocycles. The number of piperazine rings is 2. The van der Waals surface area contributed by atoms with E-state index in [4.69, 9.17) is 23.2 Å². The highest BCUT2D eigenvalue weighted by molar-refractivity contribution is 6.36. The van der Waals surface area contributed by atoms with Crippen LogP contribution in [0.25, 0.3) is 0 Å². The first-order valence-corrected chi connectivity index (χ1v) is 11.7. The molecule has 0 atom stereocenters. The number of hydrogen-bond acceptors (Lipinski definition) is 4. The summed E-state index contributed by atoms with van der Waals surface area (Å²) in [6.07, 6.45) is 4.20. The molecule has 2 heterocycles. The van der Waals surface area contributed by atoms with E-state index < -0.39 is 0 Å². The Balaban J connectivity index is 1.20. The van der Waals surface area contributed by atoms with Crippen LogP contribution in [0.1, 0.15) is 24.8 Å². The first-order chi connectivity index (χ1) is 14.5. The maximum Gasteiger partial charge on any atom is 0.236 e. The number of benzene rings is 1. The van der Waals surface area contributed by atoms with E-state index in [9.17, 15) is 9.59 Å². The summed E-state index contributed by atoms with van der Waals surface area (Å²) in [6.45, 7) is 6.83. The van der Waals surface area contributed by atoms with Gasteiger partial charge in [0.25, 0.3) is 0 Å². The minimum atomic E-state index is 0.0306. The van der Waals surface area contributed by atoms with Crippen molar-refractivity contribution in [1.82, 2.24) is 19.6 Å². The quantitative estimate of drug-likeness (QED) is 0.687. The summed E-state index contributed by atoms with van der Waals surface area (Å²) >= 11 is 12.4. The lowest BCUT2D eigenvalue weighted by Gasteiger charge is -2.43. The summed E-state index contributed by atoms with van der Waals surface area (Å²) in [5.41, 5.74) is 0.685. The van der Waals surface area contributed by atoms with Crippen molar-refractivity contribution in [3.05, 3.63) is 33.8 Å². The lowest BCUT2D eigenvalue weighted by atomic mass is 9.91. The predicted molar refractivity (Wildman–Crippen MR) is 119 cm³/mol. The van der Waals surface area contributed by atoms with Crippen molar-refractivity contribution in [3.63, 3.8) is 0 Å². The van der Waals surface area contributed by atoms with Crippen molar-refractivity contribution < 1.29 is 9.59 Å². The van der Waals surface area contributed by atoms with Gasteiger partial charge in [-0.25, -0.2) is 0 Å². The second kappa shape index (κ2) is 9.86. The van der Waals surface area contributed by atoms with Gasteiger partial charge in [0.05, 0.1) is 13.0 Å². The van der Waals surface area contributed by atoms with Gasteiger partial charge in [0, 0.05) is 68.4 Å². The van der Waals surface area contributed by atoms with Crippen LogP contribution < -0.4 is 0 Å². The molecule has 0 bridgehead atoms. The summed E-state index contributed by atoms with van der Waals surface area (Å²) < 4.78 is 0. The highest BCUT2D eigenvalue weighted by Crippen LogP contribution is 2.26. The van der Waals surface area contributed by atoms with Crippen molar-refractivity contribution in [2.24, 2.45) is 0 Å². The molecule has 4 rings (SSSR count). The molecule has 0 radical (unpaired) electrons. The van der Waals surface area contributed by atoms with Gasteiger partial charge in [-0.2, -0.15) is 0 Å². The normalized spacial score (nSPS) is 21.5. The van der Waals surface area contributed by atoms with E-state index in [2.05, 4.69) is 9.80 Å². The molecule has 1 aromatic rings. The van der Waals surface area contributed by atoms with Gasteiger partial charge >= 0.3 is 0 Å². The number of hydrogen-bond donors (Lipinski definition) is 0. The fourth-order valence-corrected chi connectivity index (χ4v) is 5.03. The maximum atomic E-state index is 12.7. The lowest BCUT2D eigenvalue weighted by Crippen LogP contribution is -2.56. The Kier molecular flexibility index (Phi) is 7.19. The molecule has 0 spiro atoms. The standard InChI is InChI=1S/C22H30Cl2N4O2/c23-19-5-2-6-20(24)18(19)15-21(29)27-9-7-25(8-10-27)16-22(30)28-13-11-26(12-14-28)17-3-1-4-17/h2,5-6,17H,1,3-4,7-16H2. The lowest BCUT2D eigenvalue weighted by molar-refractivity contribution is -0.136. The second-order valence-electron chi connectivity index (χ2n) is 8.54. The Hall–Kier alpha value is -1.34. The zero-order valence-electron chi connectivity index (χ0n) is 17.4. The molecule has 1 aliphatic carbocycles. The van der Waals surface area contributed by atoms with Gasteiger partial charge in [0.15, 0.2) is 0 Å².